The second kappa shape index (κ2) is 5.19. The molecule has 0 saturated carbocycles. The molecule has 0 radical (unpaired) electrons. The van der Waals surface area contributed by atoms with Gasteiger partial charge in [0, 0.05) is 0 Å². The van der Waals surface area contributed by atoms with Crippen LogP contribution in [0.5, 0.6) is 0 Å². The summed E-state index contributed by atoms with van der Waals surface area (Å²) in [5, 5.41) is 8.62. The first-order chi connectivity index (χ1) is 7.06. The summed E-state index contributed by atoms with van der Waals surface area (Å²) in [4.78, 5) is 30.0. The number of aliphatic hydroxyl groups is 1. The van der Waals surface area contributed by atoms with E-state index in [1.165, 1.54) is 12.1 Å². The molecule has 1 aromatic rings. The maximum atomic E-state index is 11.0. The van der Waals surface area contributed by atoms with Crippen molar-refractivity contribution in [1.82, 2.24) is 0 Å². The second-order valence-electron chi connectivity index (χ2n) is 2.82. The van der Waals surface area contributed by atoms with Gasteiger partial charge in [0.15, 0.2) is 5.30 Å². The fraction of sp³-hybridized carbons (Fsp3) is 0.222. The highest BCUT2D eigenvalue weighted by atomic mass is 31.2. The highest BCUT2D eigenvalue weighted by Gasteiger charge is 2.42. The molecule has 1 aromatic carbocycles. The first kappa shape index (κ1) is 12.1. The Kier molecular flexibility index (Phi) is 4.17. The van der Waals surface area contributed by atoms with Crippen LogP contribution in [0.4, 0.5) is 0 Å². The van der Waals surface area contributed by atoms with E-state index in [4.69, 9.17) is 5.11 Å². The van der Waals surface area contributed by atoms with Crippen LogP contribution in [0.2, 0.25) is 0 Å². The van der Waals surface area contributed by atoms with Crippen LogP contribution in [0, 0.1) is 0 Å². The van der Waals surface area contributed by atoms with Gasteiger partial charge in [0.25, 0.3) is 0 Å². The van der Waals surface area contributed by atoms with E-state index in [-0.39, 0.29) is 18.3 Å². The molecule has 6 heteroatoms. The number of carbonyl (C=O) groups excluding carboxylic acids is 1. The number of hydrogen-bond acceptors (Lipinski definition) is 5. The molecule has 0 atom stereocenters. The summed E-state index contributed by atoms with van der Waals surface area (Å²) >= 11 is 0. The molecule has 0 saturated heterocycles. The zero-order chi connectivity index (χ0) is 11.3. The second-order valence-corrected chi connectivity index (χ2v) is 4.60. The Balaban J connectivity index is 2.71. The van der Waals surface area contributed by atoms with Gasteiger partial charge in [-0.15, -0.1) is 0 Å². The number of carbonyl (C=O) groups is 1. The lowest BCUT2D eigenvalue weighted by Crippen LogP contribution is -2.17. The average Bonchev–Trinajstić information content (AvgIpc) is 2.18. The van der Waals surface area contributed by atoms with E-state index in [1.54, 1.807) is 18.2 Å². The number of aliphatic hydroxyl groups excluding tert-OH is 1. The van der Waals surface area contributed by atoms with E-state index in [0.29, 0.717) is 0 Å². The van der Waals surface area contributed by atoms with Crippen LogP contribution in [-0.2, 0) is 9.32 Å². The fourth-order valence-electron chi connectivity index (χ4n) is 0.954. The molecule has 0 heterocycles. The average molecular weight is 231 g/mol. The Labute approximate surface area is 87.5 Å². The molecular weight excluding hydrogens is 219 g/mol. The third-order valence-corrected chi connectivity index (χ3v) is 3.07. The molecule has 0 amide bonds. The quantitative estimate of drug-likeness (QED) is 0.634. The summed E-state index contributed by atoms with van der Waals surface area (Å²) in [5.41, 5.74) is 0. The summed E-state index contributed by atoms with van der Waals surface area (Å²) in [7, 11) is -3.84. The molecule has 0 fully saturated rings. The van der Waals surface area contributed by atoms with Crippen molar-refractivity contribution in [3.8, 4) is 0 Å². The molecule has 3 N–H and O–H groups in total. The molecule has 15 heavy (non-hydrogen) atoms. The lowest BCUT2D eigenvalue weighted by molar-refractivity contribution is -0.135. The van der Waals surface area contributed by atoms with Crippen LogP contribution in [0.1, 0.15) is 6.42 Å². The molecule has 0 aliphatic rings. The maximum Gasteiger partial charge on any atom is 0.492 e. The van der Waals surface area contributed by atoms with Gasteiger partial charge in [-0.3, -0.25) is 0 Å². The SMILES string of the molecule is O=C(CCO)O[P+](O)(O)c1ccccc1. The van der Waals surface area contributed by atoms with Crippen molar-refractivity contribution >= 4 is 19.2 Å². The van der Waals surface area contributed by atoms with E-state index < -0.39 is 13.9 Å². The van der Waals surface area contributed by atoms with Crippen LogP contribution in [0.3, 0.4) is 0 Å². The predicted molar refractivity (Wildman–Crippen MR) is 55.2 cm³/mol. The van der Waals surface area contributed by atoms with Crippen molar-refractivity contribution in [2.75, 3.05) is 6.61 Å². The minimum atomic E-state index is -3.84. The van der Waals surface area contributed by atoms with Gasteiger partial charge in [-0.2, -0.15) is 9.79 Å². The molecule has 0 aliphatic heterocycles. The van der Waals surface area contributed by atoms with Crippen molar-refractivity contribution in [2.24, 2.45) is 0 Å². The van der Waals surface area contributed by atoms with E-state index in [0.717, 1.165) is 0 Å². The smallest absolute Gasteiger partial charge is 0.396 e. The monoisotopic (exact) mass is 231 g/mol. The Morgan fingerprint density at radius 2 is 1.87 bits per heavy atom. The Morgan fingerprint density at radius 3 is 2.40 bits per heavy atom. The van der Waals surface area contributed by atoms with Crippen LogP contribution < -0.4 is 5.30 Å². The van der Waals surface area contributed by atoms with Crippen LogP contribution in [0.15, 0.2) is 30.3 Å². The highest BCUT2D eigenvalue weighted by molar-refractivity contribution is 7.68. The van der Waals surface area contributed by atoms with E-state index in [2.05, 4.69) is 4.52 Å². The van der Waals surface area contributed by atoms with Gasteiger partial charge in [0.05, 0.1) is 13.0 Å². The first-order valence-electron chi connectivity index (χ1n) is 4.29. The normalized spacial score (nSPS) is 11.1. The Morgan fingerprint density at radius 1 is 1.27 bits per heavy atom. The predicted octanol–water partition coefficient (Wildman–Crippen LogP) is -0.0153. The summed E-state index contributed by atoms with van der Waals surface area (Å²) in [5.74, 6) is -0.834. The summed E-state index contributed by atoms with van der Waals surface area (Å²) in [6, 6.07) is 7.84. The molecule has 0 spiro atoms. The first-order valence-corrected chi connectivity index (χ1v) is 5.91. The molecule has 82 valence electrons. The molecular formula is C9H12O5P+. The van der Waals surface area contributed by atoms with Crippen LogP contribution in [0.25, 0.3) is 0 Å². The minimum Gasteiger partial charge on any atom is -0.396 e. The molecule has 0 unspecified atom stereocenters. The zero-order valence-electron chi connectivity index (χ0n) is 7.91. The molecule has 0 aliphatic carbocycles. The summed E-state index contributed by atoms with van der Waals surface area (Å²) < 4.78 is 4.49. The minimum absolute atomic E-state index is 0.163. The number of hydrogen-bond donors (Lipinski definition) is 3. The van der Waals surface area contributed by atoms with Crippen molar-refractivity contribution < 1.29 is 24.2 Å². The van der Waals surface area contributed by atoms with Gasteiger partial charge >= 0.3 is 13.9 Å². The van der Waals surface area contributed by atoms with Gasteiger partial charge in [-0.05, 0) is 12.1 Å². The maximum absolute atomic E-state index is 11.0. The third kappa shape index (κ3) is 3.57. The van der Waals surface area contributed by atoms with Gasteiger partial charge in [0.2, 0.25) is 0 Å². The lowest BCUT2D eigenvalue weighted by atomic mass is 10.4. The van der Waals surface area contributed by atoms with Crippen molar-refractivity contribution in [3.63, 3.8) is 0 Å². The van der Waals surface area contributed by atoms with Crippen LogP contribution in [-0.4, -0.2) is 27.5 Å². The fourth-order valence-corrected chi connectivity index (χ4v) is 1.99. The largest absolute Gasteiger partial charge is 0.492 e. The number of benzene rings is 1. The summed E-state index contributed by atoms with van der Waals surface area (Å²) in [6.07, 6.45) is -0.254. The molecule has 5 nitrogen and oxygen atoms in total. The summed E-state index contributed by atoms with van der Waals surface area (Å²) in [6.45, 7) is -0.381. The number of rotatable bonds is 4. The van der Waals surface area contributed by atoms with E-state index in [9.17, 15) is 14.6 Å². The Bertz CT molecular complexity index is 325. The third-order valence-electron chi connectivity index (χ3n) is 1.64. The van der Waals surface area contributed by atoms with Gasteiger partial charge in [-0.1, -0.05) is 18.2 Å². The van der Waals surface area contributed by atoms with Gasteiger partial charge < -0.3 is 5.11 Å². The van der Waals surface area contributed by atoms with E-state index >= 15 is 0 Å². The van der Waals surface area contributed by atoms with Crippen molar-refractivity contribution in [1.29, 1.82) is 0 Å². The van der Waals surface area contributed by atoms with Crippen LogP contribution >= 0.6 is 7.94 Å². The Hall–Kier alpha value is -1.00. The molecule has 0 aromatic heterocycles. The highest BCUT2D eigenvalue weighted by Crippen LogP contribution is 2.49. The molecule has 1 rings (SSSR count). The lowest BCUT2D eigenvalue weighted by Gasteiger charge is -2.09. The van der Waals surface area contributed by atoms with E-state index in [1.807, 2.05) is 0 Å². The van der Waals surface area contributed by atoms with Gasteiger partial charge in [-0.25, -0.2) is 9.32 Å². The topological polar surface area (TPSA) is 87.0 Å². The van der Waals surface area contributed by atoms with Gasteiger partial charge in [0.1, 0.15) is 0 Å². The van der Waals surface area contributed by atoms with Crippen molar-refractivity contribution in [3.05, 3.63) is 30.3 Å². The van der Waals surface area contributed by atoms with Crippen molar-refractivity contribution in [2.45, 2.75) is 6.42 Å². The molecule has 0 bridgehead atoms. The zero-order valence-corrected chi connectivity index (χ0v) is 8.80. The standard InChI is InChI=1S/C9H12O5P/c10-7-6-9(11)14-15(12,13)8-4-2-1-3-5-8/h1-5,10,12-13H,6-7H2/q+1.